The van der Waals surface area contributed by atoms with Crippen LogP contribution in [0.15, 0.2) is 22.7 Å². The van der Waals surface area contributed by atoms with Crippen LogP contribution in [-0.2, 0) is 0 Å². The Balaban J connectivity index is 2.27. The Kier molecular flexibility index (Phi) is 3.14. The lowest BCUT2D eigenvalue weighted by molar-refractivity contribution is 0.593. The summed E-state index contributed by atoms with van der Waals surface area (Å²) in [5.41, 5.74) is 0.744. The van der Waals surface area contributed by atoms with Crippen LogP contribution < -0.4 is 5.32 Å². The summed E-state index contributed by atoms with van der Waals surface area (Å²) in [6.45, 7) is 3.09. The molecule has 2 rings (SSSR count). The molecule has 0 radical (unpaired) electrons. The van der Waals surface area contributed by atoms with E-state index in [1.165, 1.54) is 6.07 Å². The summed E-state index contributed by atoms with van der Waals surface area (Å²) in [5.74, 6) is -0.132. The summed E-state index contributed by atoms with van der Waals surface area (Å²) in [6, 6.07) is 5.07. The molecular formula is C10H11BrFNS. The highest BCUT2D eigenvalue weighted by atomic mass is 79.9. The number of hydrogen-bond acceptors (Lipinski definition) is 2. The first-order valence-corrected chi connectivity index (χ1v) is 6.24. The first-order valence-electron chi connectivity index (χ1n) is 4.50. The van der Waals surface area contributed by atoms with E-state index in [0.29, 0.717) is 5.25 Å². The zero-order valence-electron chi connectivity index (χ0n) is 7.76. The van der Waals surface area contributed by atoms with Crippen LogP contribution in [-0.4, -0.2) is 11.8 Å². The molecule has 1 aromatic rings. The molecule has 14 heavy (non-hydrogen) atoms. The summed E-state index contributed by atoms with van der Waals surface area (Å²) in [7, 11) is 0. The lowest BCUT2D eigenvalue weighted by Crippen LogP contribution is -2.14. The maximum absolute atomic E-state index is 13.5. The zero-order chi connectivity index (χ0) is 10.1. The van der Waals surface area contributed by atoms with Crippen molar-refractivity contribution in [2.45, 2.75) is 17.5 Å². The Bertz CT molecular complexity index is 345. The molecule has 1 aliphatic rings. The van der Waals surface area contributed by atoms with E-state index in [0.717, 1.165) is 16.6 Å². The van der Waals surface area contributed by atoms with Gasteiger partial charge < -0.3 is 5.32 Å². The van der Waals surface area contributed by atoms with E-state index in [4.69, 9.17) is 0 Å². The fourth-order valence-electron chi connectivity index (χ4n) is 1.50. The van der Waals surface area contributed by atoms with Gasteiger partial charge in [-0.3, -0.25) is 0 Å². The van der Waals surface area contributed by atoms with Gasteiger partial charge in [-0.05, 0) is 18.2 Å². The molecule has 1 aliphatic heterocycles. The average Bonchev–Trinajstić information content (AvgIpc) is 2.56. The van der Waals surface area contributed by atoms with Crippen LogP contribution in [0.3, 0.4) is 0 Å². The summed E-state index contributed by atoms with van der Waals surface area (Å²) >= 11 is 5.12. The third-order valence-corrected chi connectivity index (χ3v) is 4.02. The van der Waals surface area contributed by atoms with E-state index in [1.807, 2.05) is 6.07 Å². The van der Waals surface area contributed by atoms with Gasteiger partial charge in [0.15, 0.2) is 0 Å². The third kappa shape index (κ3) is 2.12. The zero-order valence-corrected chi connectivity index (χ0v) is 10.2. The van der Waals surface area contributed by atoms with Crippen molar-refractivity contribution in [1.29, 1.82) is 0 Å². The van der Waals surface area contributed by atoms with Crippen LogP contribution in [0.5, 0.6) is 0 Å². The van der Waals surface area contributed by atoms with Gasteiger partial charge in [-0.15, -0.1) is 11.8 Å². The molecule has 2 unspecified atom stereocenters. The number of thioether (sulfide) groups is 1. The molecule has 1 saturated heterocycles. The van der Waals surface area contributed by atoms with Gasteiger partial charge >= 0.3 is 0 Å². The van der Waals surface area contributed by atoms with Crippen LogP contribution >= 0.6 is 27.7 Å². The molecule has 1 aromatic carbocycles. The molecule has 0 saturated carbocycles. The van der Waals surface area contributed by atoms with Gasteiger partial charge in [-0.2, -0.15) is 0 Å². The maximum Gasteiger partial charge on any atom is 0.128 e. The number of halogens is 2. The lowest BCUT2D eigenvalue weighted by Gasteiger charge is -2.11. The molecule has 1 nitrogen and oxygen atoms in total. The number of hydrogen-bond donors (Lipinski definition) is 1. The highest BCUT2D eigenvalue weighted by Crippen LogP contribution is 2.36. The second-order valence-electron chi connectivity index (χ2n) is 3.40. The van der Waals surface area contributed by atoms with Gasteiger partial charge in [0, 0.05) is 21.8 Å². The predicted molar refractivity (Wildman–Crippen MR) is 61.9 cm³/mol. The van der Waals surface area contributed by atoms with Gasteiger partial charge in [-0.25, -0.2) is 4.39 Å². The monoisotopic (exact) mass is 275 g/mol. The first kappa shape index (κ1) is 10.5. The minimum Gasteiger partial charge on any atom is -0.300 e. The second-order valence-corrected chi connectivity index (χ2v) is 5.86. The van der Waals surface area contributed by atoms with Gasteiger partial charge in [0.05, 0.1) is 5.37 Å². The van der Waals surface area contributed by atoms with Crippen molar-refractivity contribution in [1.82, 2.24) is 5.32 Å². The molecule has 2 atom stereocenters. The van der Waals surface area contributed by atoms with Gasteiger partial charge in [0.2, 0.25) is 0 Å². The number of benzene rings is 1. The summed E-state index contributed by atoms with van der Waals surface area (Å²) < 4.78 is 14.4. The Morgan fingerprint density at radius 3 is 3.00 bits per heavy atom. The minimum atomic E-state index is -0.132. The molecule has 0 amide bonds. The van der Waals surface area contributed by atoms with Crippen molar-refractivity contribution < 1.29 is 4.39 Å². The van der Waals surface area contributed by atoms with Gasteiger partial charge in [0.1, 0.15) is 5.82 Å². The first-order chi connectivity index (χ1) is 6.66. The minimum absolute atomic E-state index is 0.0995. The number of rotatable bonds is 1. The van der Waals surface area contributed by atoms with Crippen LogP contribution in [0, 0.1) is 5.82 Å². The van der Waals surface area contributed by atoms with E-state index in [2.05, 4.69) is 28.2 Å². The molecular weight excluding hydrogens is 265 g/mol. The maximum atomic E-state index is 13.5. The largest absolute Gasteiger partial charge is 0.300 e. The van der Waals surface area contributed by atoms with Crippen molar-refractivity contribution in [2.24, 2.45) is 0 Å². The summed E-state index contributed by atoms with van der Waals surface area (Å²) in [4.78, 5) is 0. The summed E-state index contributed by atoms with van der Waals surface area (Å²) in [5, 5.41) is 3.95. The predicted octanol–water partition coefficient (Wildman–Crippen LogP) is 3.31. The highest BCUT2D eigenvalue weighted by Gasteiger charge is 2.24. The van der Waals surface area contributed by atoms with E-state index in [1.54, 1.807) is 17.8 Å². The summed E-state index contributed by atoms with van der Waals surface area (Å²) in [6.07, 6.45) is 0. The van der Waals surface area contributed by atoms with E-state index in [-0.39, 0.29) is 11.2 Å². The van der Waals surface area contributed by atoms with Crippen LogP contribution in [0.4, 0.5) is 4.39 Å². The van der Waals surface area contributed by atoms with Crippen molar-refractivity contribution >= 4 is 27.7 Å². The lowest BCUT2D eigenvalue weighted by atomic mass is 10.2. The van der Waals surface area contributed by atoms with Crippen LogP contribution in [0.25, 0.3) is 0 Å². The Labute approximate surface area is 95.6 Å². The second kappa shape index (κ2) is 4.21. The normalized spacial score (nSPS) is 26.8. The standard InChI is InChI=1S/C10H11BrFNS/c1-6-5-13-10(14-6)8-4-7(11)2-3-9(8)12/h2-4,6,10,13H,5H2,1H3. The number of nitrogens with one attached hydrogen (secondary N) is 1. The van der Waals surface area contributed by atoms with Crippen molar-refractivity contribution in [3.63, 3.8) is 0 Å². The molecule has 0 spiro atoms. The quantitative estimate of drug-likeness (QED) is 0.844. The Hall–Kier alpha value is -0.0600. The van der Waals surface area contributed by atoms with E-state index >= 15 is 0 Å². The average molecular weight is 276 g/mol. The molecule has 76 valence electrons. The third-order valence-electron chi connectivity index (χ3n) is 2.20. The highest BCUT2D eigenvalue weighted by molar-refractivity contribution is 9.10. The molecule has 0 bridgehead atoms. The fourth-order valence-corrected chi connectivity index (χ4v) is 3.06. The van der Waals surface area contributed by atoms with Crippen LogP contribution in [0.1, 0.15) is 17.9 Å². The topological polar surface area (TPSA) is 12.0 Å². The van der Waals surface area contributed by atoms with Crippen molar-refractivity contribution in [2.75, 3.05) is 6.54 Å². The molecule has 1 fully saturated rings. The molecule has 1 heterocycles. The van der Waals surface area contributed by atoms with E-state index in [9.17, 15) is 4.39 Å². The van der Waals surface area contributed by atoms with Gasteiger partial charge in [0.25, 0.3) is 0 Å². The molecule has 4 heteroatoms. The van der Waals surface area contributed by atoms with E-state index < -0.39 is 0 Å². The molecule has 0 aliphatic carbocycles. The van der Waals surface area contributed by atoms with Crippen molar-refractivity contribution in [3.05, 3.63) is 34.1 Å². The Morgan fingerprint density at radius 2 is 2.36 bits per heavy atom. The SMILES string of the molecule is CC1CNC(c2cc(Br)ccc2F)S1. The molecule has 0 aromatic heterocycles. The molecule has 1 N–H and O–H groups in total. The fraction of sp³-hybridized carbons (Fsp3) is 0.400. The Morgan fingerprint density at radius 1 is 1.57 bits per heavy atom. The van der Waals surface area contributed by atoms with Crippen LogP contribution in [0.2, 0.25) is 0 Å². The van der Waals surface area contributed by atoms with Crippen molar-refractivity contribution in [3.8, 4) is 0 Å². The van der Waals surface area contributed by atoms with Gasteiger partial charge in [-0.1, -0.05) is 22.9 Å². The smallest absolute Gasteiger partial charge is 0.128 e.